The quantitative estimate of drug-likeness (QED) is 0.00587. The smallest absolute Gasteiger partial charge is 0.269 e. The van der Waals surface area contributed by atoms with E-state index in [1.165, 1.54) is 30.3 Å². The highest BCUT2D eigenvalue weighted by molar-refractivity contribution is 9.11. The average Bonchev–Trinajstić information content (AvgIpc) is 1.67. The number of rotatable bonds is 31. The molecule has 4 saturated carbocycles. The summed E-state index contributed by atoms with van der Waals surface area (Å²) in [6, 6.07) is 28.8. The van der Waals surface area contributed by atoms with Crippen LogP contribution in [0.15, 0.2) is 210 Å². The first-order valence-electron chi connectivity index (χ1n) is 45.5. The van der Waals surface area contributed by atoms with Gasteiger partial charge in [-0.3, -0.25) is 29.8 Å². The fourth-order valence-electron chi connectivity index (χ4n) is 14.3. The summed E-state index contributed by atoms with van der Waals surface area (Å²) in [5, 5.41) is 37.1. The van der Waals surface area contributed by atoms with Crippen molar-refractivity contribution >= 4 is 169 Å². The van der Waals surface area contributed by atoms with E-state index >= 15 is 0 Å². The second kappa shape index (κ2) is 59.1. The van der Waals surface area contributed by atoms with Gasteiger partial charge < -0.3 is 69.4 Å². The van der Waals surface area contributed by atoms with Crippen molar-refractivity contribution < 1.29 is 56.1 Å². The molecule has 0 saturated heterocycles. The van der Waals surface area contributed by atoms with Crippen molar-refractivity contribution in [1.29, 1.82) is 0 Å². The minimum Gasteiger partial charge on any atom is -0.490 e. The van der Waals surface area contributed by atoms with Gasteiger partial charge in [0.25, 0.3) is 11.4 Å². The zero-order valence-corrected chi connectivity index (χ0v) is 88.4. The van der Waals surface area contributed by atoms with E-state index in [9.17, 15) is 29.8 Å². The molecular weight excluding hydrogens is 2060 g/mol. The summed E-state index contributed by atoms with van der Waals surface area (Å²) < 4.78 is 53.0. The molecule has 12 aromatic rings. The Morgan fingerprint density at radius 1 is 0.434 bits per heavy atom. The lowest BCUT2D eigenvalue weighted by molar-refractivity contribution is -0.385. The Kier molecular flexibility index (Phi) is 50.4. The first kappa shape index (κ1) is 122. The summed E-state index contributed by atoms with van der Waals surface area (Å²) in [6.45, 7) is 32.0. The summed E-state index contributed by atoms with van der Waals surface area (Å²) in [7, 11) is 0. The number of nitro groups is 2. The molecule has 143 heavy (non-hydrogen) atoms. The van der Waals surface area contributed by atoms with Gasteiger partial charge >= 0.3 is 0 Å². The molecule has 0 spiro atoms. The molecule has 8 atom stereocenters. The maximum atomic E-state index is 11.4. The summed E-state index contributed by atoms with van der Waals surface area (Å²) in [4.78, 5) is 76.7. The lowest BCUT2D eigenvalue weighted by Gasteiger charge is -2.30. The Labute approximate surface area is 889 Å². The van der Waals surface area contributed by atoms with E-state index in [-0.39, 0.29) is 113 Å². The molecule has 8 aromatic heterocycles. The predicted octanol–water partition coefficient (Wildman–Crippen LogP) is 30.0. The first-order chi connectivity index (χ1) is 65.8. The lowest BCUT2D eigenvalue weighted by atomic mass is 9.93. The normalized spacial score (nSPS) is 17.5. The summed E-state index contributed by atoms with van der Waals surface area (Å²) in [6.07, 6.45) is 34.2. The molecule has 8 heterocycles. The van der Waals surface area contributed by atoms with Crippen LogP contribution in [0.4, 0.5) is 38.1 Å². The first-order valence-corrected chi connectivity index (χ1v) is 53.9. The van der Waals surface area contributed by atoms with Crippen molar-refractivity contribution in [3.63, 3.8) is 0 Å². The number of carbonyl (C=O) groups excluding carboxylic acids is 2. The van der Waals surface area contributed by atoms with Crippen LogP contribution < -0.4 is 51.7 Å². The van der Waals surface area contributed by atoms with Crippen molar-refractivity contribution in [2.24, 2.45) is 5.73 Å². The monoisotopic (exact) mass is 2200 g/mol. The minimum atomic E-state index is -0.509. The maximum absolute atomic E-state index is 11.4. The third-order valence-electron chi connectivity index (χ3n) is 21.6. The third kappa shape index (κ3) is 42.3. The molecule has 4 aliphatic carbocycles. The Bertz CT molecular complexity index is 5810. The Balaban J connectivity index is 0.000000274. The molecule has 30 nitrogen and oxygen atoms in total. The van der Waals surface area contributed by atoms with Gasteiger partial charge in [-0.25, -0.2) is 39.9 Å². The standard InChI is InChI=1S/C26H32N4O3S2.C23H28N4O4S2.C23H30N4O2S2.C12H16N2O3.C11H13BrN2OS2.C3H3ClO.5CH4/c1-5-22(31)29-17-9-11-19(12-10-17)32-20-8-6-7-18(13-20)30-25-28-15-24(35-25)34-16-23-27-14-21(33-23)26(2,3)4;1-23(2,3)19-12-24-20(31-19)14-32-21-13-25-22(33-21)26-15-5-4-6-18(11-15)30-17-9-7-16(8-10-17)27(28)29;1-23(2,3)19-12-25-20(29-19)14-30-21-13-26-22(31-21)27-16-5-4-6-18(11-16)28-17-9-7-15(24)8-10-17;13-9-2-1-3-12(8-9)17-11-6-4-10(5-7-11)14(15)16;1-11(2,3)7-4-13-8(15-7)6-16-9-5-14-10(12)17-9;1-2-3(4)5;;;;;/h5,9-12,14-15,18,20H,1,6-8,13,16H2,2-4H3,(H,28,30)(H,29,31);7-10,12-13,15,18H,4-6,11,14H2,1-3H3,(H,25,26);7-10,12-13,16,18H,4-6,11,14,24H2,1-3H3,(H,26,27);4-7,9,12H,1-3,8,13H2;4-5H,6H2,1-3H3;2H,1H2;5*1H4/t18-,20-;15-,18-;16-,18-;9-,12-;;;;;;;/m1111......./s1. The maximum Gasteiger partial charge on any atom is 0.269 e. The Hall–Kier alpha value is -9.81. The van der Waals surface area contributed by atoms with Gasteiger partial charge in [-0.15, -0.1) is 58.4 Å². The van der Waals surface area contributed by atoms with E-state index in [1.807, 2.05) is 98.1 Å². The Morgan fingerprint density at radius 3 is 0.979 bits per heavy atom. The van der Waals surface area contributed by atoms with Crippen LogP contribution in [0.3, 0.4) is 0 Å². The largest absolute Gasteiger partial charge is 0.490 e. The molecule has 16 rings (SSSR count). The number of carbonyl (C=O) groups is 2. The Morgan fingerprint density at radius 2 is 0.713 bits per heavy atom. The molecule has 4 aromatic carbocycles. The highest BCUT2D eigenvalue weighted by Crippen LogP contribution is 2.41. The molecule has 0 unspecified atom stereocenters. The number of benzene rings is 4. The second-order valence-electron chi connectivity index (χ2n) is 37.2. The molecule has 1 amide bonds. The SMILES string of the molecule is C.C.C.C.C.C=CC(=O)Cl.C=CC(=O)Nc1ccc(O[C@@H]2CCC[C@@H](Nc3ncc(SCc4ncc(C(C)(C)C)o4)s3)C2)cc1.CC(C)(C)c1cnc(CSc2cnc(Br)s2)o1.CC(C)(C)c1cnc(CSc2cnc(N[C@@H]3CCC[C@@H](Oc4ccc(N)cc4)C3)s2)o1.CC(C)(C)c1cnc(CSc2cnc(N[C@@H]3CCC[C@@H](Oc4ccc([N+](=O)[O-])cc4)C3)s2)o1.N[C@@H]1CCC[C@@H](Oc2ccc([N+](=O)[O-])cc2)C1. The van der Waals surface area contributed by atoms with E-state index in [1.54, 1.807) is 117 Å². The van der Waals surface area contributed by atoms with E-state index < -0.39 is 15.1 Å². The molecule has 780 valence electrons. The number of aromatic nitrogens is 8. The van der Waals surface area contributed by atoms with E-state index in [0.717, 1.165) is 220 Å². The van der Waals surface area contributed by atoms with Crippen LogP contribution in [0.1, 0.15) is 270 Å². The zero-order valence-electron chi connectivity index (χ0n) is 79.6. The number of nitrogens with two attached hydrogens (primary N) is 2. The molecule has 0 aliphatic heterocycles. The summed E-state index contributed by atoms with van der Waals surface area (Å²) in [5.74, 6) is 12.3. The van der Waals surface area contributed by atoms with Crippen LogP contribution in [0.5, 0.6) is 23.0 Å². The lowest BCUT2D eigenvalue weighted by Crippen LogP contribution is -2.33. The number of allylic oxidation sites excluding steroid dienone is 1. The van der Waals surface area contributed by atoms with Crippen LogP contribution in [-0.4, -0.2) is 109 Å². The van der Waals surface area contributed by atoms with E-state index in [4.69, 9.17) is 59.7 Å². The van der Waals surface area contributed by atoms with Gasteiger partial charge in [0.15, 0.2) is 19.3 Å². The van der Waals surface area contributed by atoms with Gasteiger partial charge in [0.1, 0.15) is 70.5 Å². The van der Waals surface area contributed by atoms with Crippen LogP contribution in [0, 0.1) is 20.2 Å². The van der Waals surface area contributed by atoms with Crippen molar-refractivity contribution in [1.82, 2.24) is 39.9 Å². The van der Waals surface area contributed by atoms with E-state index in [0.29, 0.717) is 40.8 Å². The number of nitrogens with one attached hydrogen (secondary N) is 4. The molecule has 0 radical (unpaired) electrons. The number of nitro benzene ring substituents is 2. The van der Waals surface area contributed by atoms with Crippen LogP contribution in [0.25, 0.3) is 0 Å². The van der Waals surface area contributed by atoms with Gasteiger partial charge in [0, 0.05) is 101 Å². The zero-order chi connectivity index (χ0) is 99.1. The highest BCUT2D eigenvalue weighted by atomic mass is 79.9. The number of anilines is 5. The van der Waals surface area contributed by atoms with Crippen molar-refractivity contribution in [2.75, 3.05) is 27.0 Å². The number of oxazole rings is 4. The number of nitrogens with zero attached hydrogens (tertiary/aromatic N) is 10. The number of non-ortho nitro benzene ring substituents is 2. The third-order valence-corrected chi connectivity index (χ3v) is 30.7. The number of thioether (sulfide) groups is 4. The van der Waals surface area contributed by atoms with Crippen molar-refractivity contribution in [2.45, 2.75) is 333 Å². The number of nitrogen functional groups attached to an aromatic ring is 1. The molecule has 4 fully saturated rings. The van der Waals surface area contributed by atoms with E-state index in [2.05, 4.69) is 173 Å². The predicted molar refractivity (Wildman–Crippen MR) is 594 cm³/mol. The van der Waals surface area contributed by atoms with Crippen molar-refractivity contribution in [3.05, 3.63) is 243 Å². The van der Waals surface area contributed by atoms with Gasteiger partial charge in [-0.2, -0.15) is 0 Å². The number of amides is 1. The van der Waals surface area contributed by atoms with Gasteiger partial charge in [0.2, 0.25) is 34.7 Å². The number of halogens is 2. The van der Waals surface area contributed by atoms with Crippen LogP contribution in [0.2, 0.25) is 0 Å². The molecule has 4 aliphatic rings. The number of hydrogen-bond donors (Lipinski definition) is 6. The summed E-state index contributed by atoms with van der Waals surface area (Å²) in [5.41, 5.74) is 13.2. The fourth-order valence-corrected chi connectivity index (χ4v) is 22.2. The minimum absolute atomic E-state index is 0. The van der Waals surface area contributed by atoms with Crippen LogP contribution >= 0.6 is 120 Å². The molecule has 40 heteroatoms. The fraction of sp³-hybridized carbons (Fsp3) is 0.476. The molecule has 8 N–H and O–H groups in total. The van der Waals surface area contributed by atoms with Gasteiger partial charge in [-0.05, 0) is 196 Å². The molecular formula is C103H142BrClN16O14S8. The molecule has 0 bridgehead atoms. The number of thiazole rings is 4. The highest BCUT2D eigenvalue weighted by Gasteiger charge is 2.31. The second-order valence-corrected chi connectivity index (χ2v) is 48.1. The average molecular weight is 2200 g/mol. The van der Waals surface area contributed by atoms with Crippen molar-refractivity contribution in [3.8, 4) is 23.0 Å². The van der Waals surface area contributed by atoms with Gasteiger partial charge in [-0.1, -0.05) is 167 Å². The van der Waals surface area contributed by atoms with Crippen LogP contribution in [-0.2, 0) is 54.3 Å². The number of hydrogen-bond acceptors (Lipinski definition) is 35. The van der Waals surface area contributed by atoms with Gasteiger partial charge in [0.05, 0.1) is 99.3 Å². The number of ether oxygens (including phenoxy) is 4. The summed E-state index contributed by atoms with van der Waals surface area (Å²) >= 11 is 21.4. The topological polar surface area (TPSA) is 413 Å².